The van der Waals surface area contributed by atoms with E-state index in [2.05, 4.69) is 13.0 Å². The summed E-state index contributed by atoms with van der Waals surface area (Å²) in [4.78, 5) is 0. The third-order valence-electron chi connectivity index (χ3n) is 3.26. The molecule has 2 heteroatoms. The predicted molar refractivity (Wildman–Crippen MR) is 74.3 cm³/mol. The molecular formula is C16H16O2. The Balaban J connectivity index is 2.40. The van der Waals surface area contributed by atoms with Crippen molar-refractivity contribution in [2.24, 2.45) is 0 Å². The SMILES string of the molecule is CCOc1ccc2oc3ccccc3c2c1CC. The number of hydrogen-bond donors (Lipinski definition) is 0. The smallest absolute Gasteiger partial charge is 0.135 e. The zero-order valence-corrected chi connectivity index (χ0v) is 10.7. The van der Waals surface area contributed by atoms with Crippen LogP contribution in [0.5, 0.6) is 5.75 Å². The normalized spacial score (nSPS) is 11.2. The van der Waals surface area contributed by atoms with E-state index in [-0.39, 0.29) is 0 Å². The molecule has 0 spiro atoms. The molecule has 2 aromatic carbocycles. The lowest BCUT2D eigenvalue weighted by molar-refractivity contribution is 0.337. The van der Waals surface area contributed by atoms with Gasteiger partial charge >= 0.3 is 0 Å². The largest absolute Gasteiger partial charge is 0.494 e. The Morgan fingerprint density at radius 1 is 1.00 bits per heavy atom. The summed E-state index contributed by atoms with van der Waals surface area (Å²) in [5.41, 5.74) is 3.12. The van der Waals surface area contributed by atoms with E-state index in [9.17, 15) is 0 Å². The number of hydrogen-bond acceptors (Lipinski definition) is 2. The van der Waals surface area contributed by atoms with E-state index in [1.807, 2.05) is 37.3 Å². The van der Waals surface area contributed by atoms with Gasteiger partial charge in [0.05, 0.1) is 6.61 Å². The van der Waals surface area contributed by atoms with Crippen molar-refractivity contribution >= 4 is 21.9 Å². The van der Waals surface area contributed by atoms with E-state index in [4.69, 9.17) is 9.15 Å². The van der Waals surface area contributed by atoms with Gasteiger partial charge < -0.3 is 9.15 Å². The lowest BCUT2D eigenvalue weighted by Crippen LogP contribution is -1.96. The van der Waals surface area contributed by atoms with Gasteiger partial charge in [-0.05, 0) is 31.5 Å². The van der Waals surface area contributed by atoms with Gasteiger partial charge in [0.2, 0.25) is 0 Å². The summed E-state index contributed by atoms with van der Waals surface area (Å²) in [6.45, 7) is 4.85. The van der Waals surface area contributed by atoms with Crippen LogP contribution in [0.3, 0.4) is 0 Å². The van der Waals surface area contributed by atoms with E-state index >= 15 is 0 Å². The first-order chi connectivity index (χ1) is 8.85. The van der Waals surface area contributed by atoms with Crippen LogP contribution < -0.4 is 4.74 Å². The standard InChI is InChI=1S/C16H16O2/c1-3-11-13(17-4-2)9-10-15-16(11)12-7-5-6-8-14(12)18-15/h5-10H,3-4H2,1-2H3. The summed E-state index contributed by atoms with van der Waals surface area (Å²) >= 11 is 0. The van der Waals surface area contributed by atoms with Crippen LogP contribution in [0.4, 0.5) is 0 Å². The number of para-hydroxylation sites is 1. The van der Waals surface area contributed by atoms with E-state index < -0.39 is 0 Å². The van der Waals surface area contributed by atoms with Gasteiger partial charge in [0.15, 0.2) is 0 Å². The molecule has 0 unspecified atom stereocenters. The maximum absolute atomic E-state index is 5.87. The summed E-state index contributed by atoms with van der Waals surface area (Å²) in [6.07, 6.45) is 0.941. The second-order valence-electron chi connectivity index (χ2n) is 4.30. The minimum Gasteiger partial charge on any atom is -0.494 e. The molecule has 0 fully saturated rings. The fourth-order valence-electron chi connectivity index (χ4n) is 2.51. The van der Waals surface area contributed by atoms with Crippen molar-refractivity contribution in [3.63, 3.8) is 0 Å². The molecule has 0 N–H and O–H groups in total. The Hall–Kier alpha value is -1.96. The third kappa shape index (κ3) is 1.57. The molecule has 0 radical (unpaired) electrons. The highest BCUT2D eigenvalue weighted by molar-refractivity contribution is 6.07. The summed E-state index contributed by atoms with van der Waals surface area (Å²) in [5, 5.41) is 2.37. The van der Waals surface area contributed by atoms with Gasteiger partial charge in [0.1, 0.15) is 16.9 Å². The van der Waals surface area contributed by atoms with Crippen LogP contribution in [-0.4, -0.2) is 6.61 Å². The lowest BCUT2D eigenvalue weighted by atomic mass is 10.0. The Morgan fingerprint density at radius 2 is 1.83 bits per heavy atom. The van der Waals surface area contributed by atoms with Crippen LogP contribution in [0.25, 0.3) is 21.9 Å². The second kappa shape index (κ2) is 4.37. The highest BCUT2D eigenvalue weighted by Crippen LogP contribution is 2.36. The molecule has 18 heavy (non-hydrogen) atoms. The van der Waals surface area contributed by atoms with E-state index in [1.54, 1.807) is 0 Å². The van der Waals surface area contributed by atoms with Crippen molar-refractivity contribution in [1.29, 1.82) is 0 Å². The van der Waals surface area contributed by atoms with Gasteiger partial charge in [-0.2, -0.15) is 0 Å². The molecule has 1 aromatic heterocycles. The number of fused-ring (bicyclic) bond motifs is 3. The molecule has 92 valence electrons. The van der Waals surface area contributed by atoms with Crippen LogP contribution in [0.1, 0.15) is 19.4 Å². The first-order valence-electron chi connectivity index (χ1n) is 6.41. The molecule has 0 aliphatic heterocycles. The van der Waals surface area contributed by atoms with Gasteiger partial charge in [-0.3, -0.25) is 0 Å². The van der Waals surface area contributed by atoms with Crippen molar-refractivity contribution in [2.45, 2.75) is 20.3 Å². The second-order valence-corrected chi connectivity index (χ2v) is 4.30. The lowest BCUT2D eigenvalue weighted by Gasteiger charge is -2.09. The van der Waals surface area contributed by atoms with Crippen molar-refractivity contribution in [3.05, 3.63) is 42.0 Å². The van der Waals surface area contributed by atoms with Gasteiger partial charge in [-0.1, -0.05) is 25.1 Å². The molecular weight excluding hydrogens is 224 g/mol. The average Bonchev–Trinajstić information content (AvgIpc) is 2.78. The summed E-state index contributed by atoms with van der Waals surface area (Å²) in [6, 6.07) is 12.2. The number of rotatable bonds is 3. The Bertz CT molecular complexity index is 695. The number of benzene rings is 2. The fourth-order valence-corrected chi connectivity index (χ4v) is 2.51. The monoisotopic (exact) mass is 240 g/mol. The molecule has 0 saturated carbocycles. The molecule has 0 aliphatic rings. The van der Waals surface area contributed by atoms with Crippen molar-refractivity contribution in [3.8, 4) is 5.75 Å². The maximum atomic E-state index is 5.87. The van der Waals surface area contributed by atoms with Crippen LogP contribution >= 0.6 is 0 Å². The minimum absolute atomic E-state index is 0.689. The third-order valence-corrected chi connectivity index (χ3v) is 3.26. The molecule has 0 atom stereocenters. The van der Waals surface area contributed by atoms with Crippen LogP contribution in [-0.2, 0) is 6.42 Å². The molecule has 0 aliphatic carbocycles. The van der Waals surface area contributed by atoms with Crippen LogP contribution in [0, 0.1) is 0 Å². The Kier molecular flexibility index (Phi) is 2.71. The van der Waals surface area contributed by atoms with Crippen molar-refractivity contribution < 1.29 is 9.15 Å². The maximum Gasteiger partial charge on any atom is 0.135 e. The highest BCUT2D eigenvalue weighted by Gasteiger charge is 2.13. The zero-order valence-electron chi connectivity index (χ0n) is 10.7. The predicted octanol–water partition coefficient (Wildman–Crippen LogP) is 4.55. The summed E-state index contributed by atoms with van der Waals surface area (Å²) in [7, 11) is 0. The zero-order chi connectivity index (χ0) is 12.5. The van der Waals surface area contributed by atoms with Gasteiger partial charge in [0.25, 0.3) is 0 Å². The van der Waals surface area contributed by atoms with Crippen LogP contribution in [0.2, 0.25) is 0 Å². The Morgan fingerprint density at radius 3 is 2.61 bits per heavy atom. The van der Waals surface area contributed by atoms with Gasteiger partial charge in [-0.15, -0.1) is 0 Å². The Labute approximate surface area is 106 Å². The molecule has 3 rings (SSSR count). The molecule has 1 heterocycles. The molecule has 0 bridgehead atoms. The first kappa shape index (κ1) is 11.1. The molecule has 0 amide bonds. The molecule has 3 aromatic rings. The topological polar surface area (TPSA) is 22.4 Å². The number of ether oxygens (including phenoxy) is 1. The van der Waals surface area contributed by atoms with Crippen molar-refractivity contribution in [2.75, 3.05) is 6.61 Å². The van der Waals surface area contributed by atoms with E-state index in [0.29, 0.717) is 6.61 Å². The van der Waals surface area contributed by atoms with Gasteiger partial charge in [0, 0.05) is 16.3 Å². The highest BCUT2D eigenvalue weighted by atomic mass is 16.5. The minimum atomic E-state index is 0.689. The van der Waals surface area contributed by atoms with Crippen molar-refractivity contribution in [1.82, 2.24) is 0 Å². The van der Waals surface area contributed by atoms with E-state index in [0.717, 1.165) is 23.3 Å². The van der Waals surface area contributed by atoms with Crippen LogP contribution in [0.15, 0.2) is 40.8 Å². The van der Waals surface area contributed by atoms with Gasteiger partial charge in [-0.25, -0.2) is 0 Å². The average molecular weight is 240 g/mol. The summed E-state index contributed by atoms with van der Waals surface area (Å²) in [5.74, 6) is 0.971. The quantitative estimate of drug-likeness (QED) is 0.670. The summed E-state index contributed by atoms with van der Waals surface area (Å²) < 4.78 is 11.6. The number of furan rings is 1. The fraction of sp³-hybridized carbons (Fsp3) is 0.250. The first-order valence-corrected chi connectivity index (χ1v) is 6.41. The molecule has 0 saturated heterocycles. The molecule has 2 nitrogen and oxygen atoms in total. The number of aryl methyl sites for hydroxylation is 1. The van der Waals surface area contributed by atoms with E-state index in [1.165, 1.54) is 16.3 Å².